The van der Waals surface area contributed by atoms with Gasteiger partial charge in [-0.25, -0.2) is 0 Å². The maximum absolute atomic E-state index is 10.0. The normalized spacial score (nSPS) is 7.08. The Morgan fingerprint density at radius 1 is 1.15 bits per heavy atom. The van der Waals surface area contributed by atoms with Gasteiger partial charge in [0.1, 0.15) is 5.75 Å². The monoisotopic (exact) mass is 198 g/mol. The Hall–Kier alpha value is -0.660. The van der Waals surface area contributed by atoms with Crippen molar-refractivity contribution < 1.29 is 21.0 Å². The Morgan fingerprint density at radius 3 is 1.85 bits per heavy atom. The van der Waals surface area contributed by atoms with Crippen LogP contribution in [0.15, 0.2) is 24.3 Å². The van der Waals surface area contributed by atoms with Crippen LogP contribution in [0.5, 0.6) is 5.75 Å². The zero-order valence-corrected chi connectivity index (χ0v) is 9.02. The molecule has 0 aromatic heterocycles. The first-order valence-corrected chi connectivity index (χ1v) is 2.63. The van der Waals surface area contributed by atoms with Crippen molar-refractivity contribution in [3.63, 3.8) is 0 Å². The molecule has 1 radical (unpaired) electrons. The van der Waals surface area contributed by atoms with E-state index in [0.29, 0.717) is 0 Å². The minimum atomic E-state index is -0.514. The number of nitro benzene ring substituents is 1. The molecule has 1 aromatic rings. The minimum absolute atomic E-state index is 0. The maximum Gasteiger partial charge on any atom is 0.269 e. The van der Waals surface area contributed by atoms with Crippen molar-refractivity contribution in [1.82, 2.24) is 0 Å². The van der Waals surface area contributed by atoms with Crippen molar-refractivity contribution >= 4 is 35.2 Å². The summed E-state index contributed by atoms with van der Waals surface area (Å²) in [5.74, 6) is 0.0330. The Balaban J connectivity index is -0.000000333. The molecule has 6 nitrogen and oxygen atoms in total. The average Bonchev–Trinajstić information content (AvgIpc) is 1.88. The van der Waals surface area contributed by atoms with Crippen LogP contribution >= 0.6 is 0 Å². The van der Waals surface area contributed by atoms with Crippen molar-refractivity contribution in [2.24, 2.45) is 0 Å². The maximum atomic E-state index is 10.0. The van der Waals surface area contributed by atoms with Gasteiger partial charge in [-0.1, -0.05) is 0 Å². The van der Waals surface area contributed by atoms with E-state index < -0.39 is 4.92 Å². The number of hydrogen-bond acceptors (Lipinski definition) is 3. The second-order valence-electron chi connectivity index (χ2n) is 1.77. The van der Waals surface area contributed by atoms with Gasteiger partial charge in [0.05, 0.1) is 4.92 Å². The van der Waals surface area contributed by atoms with Crippen molar-refractivity contribution in [3.05, 3.63) is 34.4 Å². The number of aromatic hydroxyl groups is 1. The number of nitrogens with zero attached hydrogens (tertiary/aromatic N) is 1. The molecule has 0 bridgehead atoms. The van der Waals surface area contributed by atoms with E-state index in [2.05, 4.69) is 0 Å². The van der Waals surface area contributed by atoms with E-state index in [9.17, 15) is 10.1 Å². The Bertz CT molecular complexity index is 250. The molecule has 1 aromatic carbocycles. The molecule has 0 saturated carbocycles. The molecule has 13 heavy (non-hydrogen) atoms. The molecule has 0 heterocycles. The third kappa shape index (κ3) is 5.56. The van der Waals surface area contributed by atoms with E-state index in [1.54, 1.807) is 0 Å². The van der Waals surface area contributed by atoms with Gasteiger partial charge in [-0.05, 0) is 12.1 Å². The molecule has 69 valence electrons. The van der Waals surface area contributed by atoms with Gasteiger partial charge in [0.15, 0.2) is 0 Å². The number of benzene rings is 1. The Morgan fingerprint density at radius 2 is 1.54 bits per heavy atom. The second-order valence-corrected chi connectivity index (χ2v) is 1.77. The van der Waals surface area contributed by atoms with E-state index in [0.717, 1.165) is 0 Å². The zero-order chi connectivity index (χ0) is 7.56. The summed E-state index contributed by atoms with van der Waals surface area (Å²) in [6, 6.07) is 5.04. The first-order chi connectivity index (χ1) is 4.70. The number of non-ortho nitro benzene ring substituents is 1. The van der Waals surface area contributed by atoms with Gasteiger partial charge in [0.25, 0.3) is 5.69 Å². The van der Waals surface area contributed by atoms with Gasteiger partial charge in [-0.15, -0.1) is 0 Å². The Kier molecular flexibility index (Phi) is 11.1. The molecule has 0 aliphatic heterocycles. The number of hydrogen-bond donors (Lipinski definition) is 1. The number of phenolic OH excluding ortho intramolecular Hbond substituents is 1. The first-order valence-electron chi connectivity index (χ1n) is 2.63. The Labute approximate surface area is 96.3 Å². The number of phenols is 1. The summed E-state index contributed by atoms with van der Waals surface area (Å²) in [7, 11) is 0. The van der Waals surface area contributed by atoms with Crippen LogP contribution in [0.1, 0.15) is 0 Å². The molecule has 0 aliphatic carbocycles. The van der Waals surface area contributed by atoms with Gasteiger partial charge in [0, 0.05) is 41.7 Å². The molecular formula is C6H9NNaO5. The third-order valence-corrected chi connectivity index (χ3v) is 1.06. The molecule has 0 amide bonds. The summed E-state index contributed by atoms with van der Waals surface area (Å²) >= 11 is 0. The fraction of sp³-hybridized carbons (Fsp3) is 0. The SMILES string of the molecule is O.O.O=[N+]([O-])c1ccc(O)cc1.[Na]. The molecule has 0 atom stereocenters. The number of rotatable bonds is 1. The second kappa shape index (κ2) is 7.96. The molecule has 1 rings (SSSR count). The fourth-order valence-electron chi connectivity index (χ4n) is 0.574. The van der Waals surface area contributed by atoms with Crippen LogP contribution in [0.2, 0.25) is 0 Å². The zero-order valence-electron chi connectivity index (χ0n) is 7.02. The van der Waals surface area contributed by atoms with Crippen LogP contribution in [0.4, 0.5) is 5.69 Å². The third-order valence-electron chi connectivity index (χ3n) is 1.06. The standard InChI is InChI=1S/C6H5NO3.Na.2H2O/c8-6-3-1-5(2-4-6)7(9)10;;;/h1-4,8H;;2*1H2. The van der Waals surface area contributed by atoms with Gasteiger partial charge in [-0.3, -0.25) is 10.1 Å². The number of nitro groups is 1. The average molecular weight is 198 g/mol. The van der Waals surface area contributed by atoms with Crippen LogP contribution in [0.3, 0.4) is 0 Å². The summed E-state index contributed by atoms with van der Waals surface area (Å²) in [5.41, 5.74) is -0.0159. The van der Waals surface area contributed by atoms with Crippen LogP contribution < -0.4 is 0 Å². The first kappa shape index (κ1) is 18.2. The molecule has 0 fully saturated rings. The van der Waals surface area contributed by atoms with Crippen LogP contribution in [-0.2, 0) is 0 Å². The van der Waals surface area contributed by atoms with Crippen molar-refractivity contribution in [2.45, 2.75) is 0 Å². The van der Waals surface area contributed by atoms with Gasteiger partial charge in [-0.2, -0.15) is 0 Å². The van der Waals surface area contributed by atoms with Crippen molar-refractivity contribution in [2.75, 3.05) is 0 Å². The van der Waals surface area contributed by atoms with E-state index in [1.165, 1.54) is 24.3 Å². The summed E-state index contributed by atoms with van der Waals surface area (Å²) in [6.07, 6.45) is 0. The molecule has 5 N–H and O–H groups in total. The predicted molar refractivity (Wildman–Crippen MR) is 47.7 cm³/mol. The smallest absolute Gasteiger partial charge is 0.269 e. The molecule has 0 aliphatic rings. The summed E-state index contributed by atoms with van der Waals surface area (Å²) in [4.78, 5) is 9.52. The minimum Gasteiger partial charge on any atom is -0.508 e. The van der Waals surface area contributed by atoms with Crippen molar-refractivity contribution in [3.8, 4) is 5.75 Å². The molecular weight excluding hydrogens is 189 g/mol. The van der Waals surface area contributed by atoms with Crippen LogP contribution in [0, 0.1) is 10.1 Å². The van der Waals surface area contributed by atoms with E-state index in [-0.39, 0.29) is 51.9 Å². The van der Waals surface area contributed by atoms with Crippen molar-refractivity contribution in [1.29, 1.82) is 0 Å². The van der Waals surface area contributed by atoms with Crippen LogP contribution in [-0.4, -0.2) is 50.5 Å². The molecule has 7 heteroatoms. The van der Waals surface area contributed by atoms with Gasteiger partial charge >= 0.3 is 0 Å². The summed E-state index contributed by atoms with van der Waals surface area (Å²) in [6.45, 7) is 0. The van der Waals surface area contributed by atoms with Gasteiger partial charge < -0.3 is 16.1 Å². The summed E-state index contributed by atoms with van der Waals surface area (Å²) in [5, 5.41) is 18.8. The molecule has 0 saturated heterocycles. The van der Waals surface area contributed by atoms with Crippen LogP contribution in [0.25, 0.3) is 0 Å². The topological polar surface area (TPSA) is 126 Å². The largest absolute Gasteiger partial charge is 0.508 e. The summed E-state index contributed by atoms with van der Waals surface area (Å²) < 4.78 is 0. The predicted octanol–water partition coefficient (Wildman–Crippen LogP) is -0.730. The van der Waals surface area contributed by atoms with E-state index in [1.807, 2.05) is 0 Å². The quantitative estimate of drug-likeness (QED) is 0.363. The van der Waals surface area contributed by atoms with E-state index in [4.69, 9.17) is 5.11 Å². The molecule has 0 unspecified atom stereocenters. The van der Waals surface area contributed by atoms with E-state index >= 15 is 0 Å². The van der Waals surface area contributed by atoms with Gasteiger partial charge in [0.2, 0.25) is 0 Å². The molecule has 0 spiro atoms. The fourth-order valence-corrected chi connectivity index (χ4v) is 0.574.